The maximum absolute atomic E-state index is 5.78. The highest BCUT2D eigenvalue weighted by Gasteiger charge is 2.09. The van der Waals surface area contributed by atoms with Gasteiger partial charge >= 0.3 is 0 Å². The van der Waals surface area contributed by atoms with Gasteiger partial charge in [-0.3, -0.25) is 0 Å². The van der Waals surface area contributed by atoms with E-state index >= 15 is 0 Å². The predicted octanol–water partition coefficient (Wildman–Crippen LogP) is 1.48. The van der Waals surface area contributed by atoms with Gasteiger partial charge in [0.2, 0.25) is 0 Å². The zero-order valence-electron chi connectivity index (χ0n) is 10.9. The molecule has 1 aromatic rings. The van der Waals surface area contributed by atoms with Gasteiger partial charge < -0.3 is 20.1 Å². The Balaban J connectivity index is 2.77. The Bertz CT molecular complexity index is 340. The van der Waals surface area contributed by atoms with Gasteiger partial charge in [0.1, 0.15) is 6.61 Å². The predicted molar refractivity (Wildman–Crippen MR) is 69.6 cm³/mol. The molecule has 0 heterocycles. The molecule has 0 fully saturated rings. The normalized spacial score (nSPS) is 10.6. The van der Waals surface area contributed by atoms with Gasteiger partial charge in [-0.25, -0.2) is 0 Å². The topological polar surface area (TPSA) is 47.7 Å². The molecule has 0 saturated carbocycles. The third kappa shape index (κ3) is 4.24. The van der Waals surface area contributed by atoms with Crippen LogP contribution in [0.2, 0.25) is 0 Å². The van der Waals surface area contributed by atoms with E-state index in [1.54, 1.807) is 0 Å². The van der Waals surface area contributed by atoms with E-state index in [4.69, 9.17) is 15.2 Å². The summed E-state index contributed by atoms with van der Waals surface area (Å²) in [5.41, 5.74) is 6.68. The van der Waals surface area contributed by atoms with Gasteiger partial charge in [-0.15, -0.1) is 0 Å². The number of benzene rings is 1. The van der Waals surface area contributed by atoms with Crippen molar-refractivity contribution in [3.05, 3.63) is 23.8 Å². The lowest BCUT2D eigenvalue weighted by molar-refractivity contribution is 0.242. The van der Waals surface area contributed by atoms with Crippen LogP contribution in [0.1, 0.15) is 12.5 Å². The first-order valence-corrected chi connectivity index (χ1v) is 5.91. The van der Waals surface area contributed by atoms with Crippen LogP contribution in [0.5, 0.6) is 11.5 Å². The van der Waals surface area contributed by atoms with Crippen molar-refractivity contribution in [2.45, 2.75) is 13.5 Å². The summed E-state index contributed by atoms with van der Waals surface area (Å²) in [5, 5.41) is 0. The smallest absolute Gasteiger partial charge is 0.165 e. The van der Waals surface area contributed by atoms with Gasteiger partial charge in [0.15, 0.2) is 11.5 Å². The van der Waals surface area contributed by atoms with Crippen LogP contribution in [-0.2, 0) is 6.54 Å². The minimum Gasteiger partial charge on any atom is -0.490 e. The van der Waals surface area contributed by atoms with Crippen molar-refractivity contribution < 1.29 is 9.47 Å². The SMILES string of the molecule is CCOc1cccc(CN)c1OCCN(C)C. The summed E-state index contributed by atoms with van der Waals surface area (Å²) >= 11 is 0. The fourth-order valence-electron chi connectivity index (χ4n) is 1.49. The molecule has 2 N–H and O–H groups in total. The van der Waals surface area contributed by atoms with Crippen molar-refractivity contribution in [1.82, 2.24) is 4.90 Å². The Morgan fingerprint density at radius 1 is 1.24 bits per heavy atom. The number of hydrogen-bond acceptors (Lipinski definition) is 4. The Kier molecular flexibility index (Phi) is 5.80. The first-order valence-electron chi connectivity index (χ1n) is 5.91. The average Bonchev–Trinajstić information content (AvgIpc) is 2.30. The summed E-state index contributed by atoms with van der Waals surface area (Å²) in [6, 6.07) is 5.81. The molecule has 0 aliphatic carbocycles. The molecule has 0 spiro atoms. The summed E-state index contributed by atoms with van der Waals surface area (Å²) in [7, 11) is 4.03. The maximum atomic E-state index is 5.78. The number of hydrogen-bond donors (Lipinski definition) is 1. The number of rotatable bonds is 7. The number of ether oxygens (including phenoxy) is 2. The summed E-state index contributed by atoms with van der Waals surface area (Å²) in [4.78, 5) is 2.07. The maximum Gasteiger partial charge on any atom is 0.165 e. The van der Waals surface area contributed by atoms with Crippen molar-refractivity contribution in [2.24, 2.45) is 5.73 Å². The number of nitrogens with zero attached hydrogens (tertiary/aromatic N) is 1. The minimum atomic E-state index is 0.457. The first-order chi connectivity index (χ1) is 8.19. The van der Waals surface area contributed by atoms with E-state index in [0.29, 0.717) is 19.8 Å². The monoisotopic (exact) mass is 238 g/mol. The number of nitrogens with two attached hydrogens (primary N) is 1. The van der Waals surface area contributed by atoms with Crippen LogP contribution in [0, 0.1) is 0 Å². The lowest BCUT2D eigenvalue weighted by Crippen LogP contribution is -2.20. The van der Waals surface area contributed by atoms with E-state index in [-0.39, 0.29) is 0 Å². The van der Waals surface area contributed by atoms with Crippen LogP contribution in [0.15, 0.2) is 18.2 Å². The Morgan fingerprint density at radius 2 is 2.00 bits per heavy atom. The molecule has 0 unspecified atom stereocenters. The van der Waals surface area contributed by atoms with E-state index in [1.807, 2.05) is 39.2 Å². The van der Waals surface area contributed by atoms with Crippen LogP contribution >= 0.6 is 0 Å². The van der Waals surface area contributed by atoms with Crippen molar-refractivity contribution in [1.29, 1.82) is 0 Å². The molecule has 17 heavy (non-hydrogen) atoms. The highest BCUT2D eigenvalue weighted by atomic mass is 16.5. The van der Waals surface area contributed by atoms with Crippen LogP contribution in [-0.4, -0.2) is 38.8 Å². The molecular weight excluding hydrogens is 216 g/mol. The summed E-state index contributed by atoms with van der Waals surface area (Å²) in [6.07, 6.45) is 0. The van der Waals surface area contributed by atoms with Crippen LogP contribution < -0.4 is 15.2 Å². The quantitative estimate of drug-likeness (QED) is 0.781. The van der Waals surface area contributed by atoms with E-state index in [1.165, 1.54) is 0 Å². The van der Waals surface area contributed by atoms with Gasteiger partial charge in [0, 0.05) is 18.7 Å². The molecule has 0 aromatic heterocycles. The zero-order valence-corrected chi connectivity index (χ0v) is 10.9. The Labute approximate surface area is 103 Å². The van der Waals surface area contributed by atoms with E-state index in [0.717, 1.165) is 23.6 Å². The van der Waals surface area contributed by atoms with Gasteiger partial charge in [-0.2, -0.15) is 0 Å². The lowest BCUT2D eigenvalue weighted by atomic mass is 10.2. The third-order valence-electron chi connectivity index (χ3n) is 2.37. The largest absolute Gasteiger partial charge is 0.490 e. The molecule has 0 radical (unpaired) electrons. The zero-order chi connectivity index (χ0) is 12.7. The molecule has 0 aliphatic rings. The van der Waals surface area contributed by atoms with E-state index in [2.05, 4.69) is 4.90 Å². The van der Waals surface area contributed by atoms with Crippen LogP contribution in [0.25, 0.3) is 0 Å². The molecule has 0 aliphatic heterocycles. The lowest BCUT2D eigenvalue weighted by Gasteiger charge is -2.16. The second-order valence-corrected chi connectivity index (χ2v) is 4.03. The summed E-state index contributed by atoms with van der Waals surface area (Å²) in [5.74, 6) is 1.55. The molecular formula is C13H22N2O2. The van der Waals surface area contributed by atoms with Crippen molar-refractivity contribution in [3.63, 3.8) is 0 Å². The fraction of sp³-hybridized carbons (Fsp3) is 0.538. The van der Waals surface area contributed by atoms with Crippen LogP contribution in [0.4, 0.5) is 0 Å². The second kappa shape index (κ2) is 7.14. The molecule has 1 rings (SSSR count). The number of para-hydroxylation sites is 1. The average molecular weight is 238 g/mol. The van der Waals surface area contributed by atoms with Crippen molar-refractivity contribution >= 4 is 0 Å². The highest BCUT2D eigenvalue weighted by Crippen LogP contribution is 2.31. The molecule has 1 aromatic carbocycles. The molecule has 4 heteroatoms. The Morgan fingerprint density at radius 3 is 2.59 bits per heavy atom. The van der Waals surface area contributed by atoms with Gasteiger partial charge in [-0.05, 0) is 27.1 Å². The summed E-state index contributed by atoms with van der Waals surface area (Å²) in [6.45, 7) is 4.53. The Hall–Kier alpha value is -1.26. The van der Waals surface area contributed by atoms with Crippen LogP contribution in [0.3, 0.4) is 0 Å². The number of likely N-dealkylation sites (N-methyl/N-ethyl adjacent to an activating group) is 1. The summed E-state index contributed by atoms with van der Waals surface area (Å²) < 4.78 is 11.3. The molecule has 0 bridgehead atoms. The standard InChI is InChI=1S/C13H22N2O2/c1-4-16-12-7-5-6-11(10-14)13(12)17-9-8-15(2)3/h5-7H,4,8-10,14H2,1-3H3. The third-order valence-corrected chi connectivity index (χ3v) is 2.37. The first kappa shape index (κ1) is 13.8. The van der Waals surface area contributed by atoms with Gasteiger partial charge in [0.25, 0.3) is 0 Å². The van der Waals surface area contributed by atoms with Crippen molar-refractivity contribution in [2.75, 3.05) is 33.9 Å². The fourth-order valence-corrected chi connectivity index (χ4v) is 1.49. The molecule has 0 atom stereocenters. The van der Waals surface area contributed by atoms with Gasteiger partial charge in [0.05, 0.1) is 6.61 Å². The van der Waals surface area contributed by atoms with Gasteiger partial charge in [-0.1, -0.05) is 12.1 Å². The second-order valence-electron chi connectivity index (χ2n) is 4.03. The molecule has 0 saturated heterocycles. The minimum absolute atomic E-state index is 0.457. The van der Waals surface area contributed by atoms with Crippen molar-refractivity contribution in [3.8, 4) is 11.5 Å². The van der Waals surface area contributed by atoms with E-state index < -0.39 is 0 Å². The molecule has 96 valence electrons. The molecule has 4 nitrogen and oxygen atoms in total. The molecule has 0 amide bonds. The van der Waals surface area contributed by atoms with E-state index in [9.17, 15) is 0 Å². The highest BCUT2D eigenvalue weighted by molar-refractivity contribution is 5.46.